The number of alkyl halides is 2. The Labute approximate surface area is 117 Å². The summed E-state index contributed by atoms with van der Waals surface area (Å²) in [4.78, 5) is 2.36. The van der Waals surface area contributed by atoms with Crippen molar-refractivity contribution in [1.82, 2.24) is 14.7 Å². The van der Waals surface area contributed by atoms with E-state index >= 15 is 0 Å². The first kappa shape index (κ1) is 13.9. The van der Waals surface area contributed by atoms with E-state index in [-0.39, 0.29) is 12.8 Å². The Bertz CT molecular complexity index is 450. The van der Waals surface area contributed by atoms with E-state index in [2.05, 4.69) is 10.00 Å². The molecule has 0 bridgehead atoms. The number of aromatic nitrogens is 2. The molecule has 1 aromatic rings. The van der Waals surface area contributed by atoms with Crippen LogP contribution >= 0.6 is 0 Å². The number of nitrogens with two attached hydrogens (primary N) is 1. The van der Waals surface area contributed by atoms with E-state index in [1.807, 2.05) is 17.1 Å². The fraction of sp³-hybridized carbons (Fsp3) is 0.786. The number of halogens is 2. The number of hydrogen-bond donors (Lipinski definition) is 1. The number of likely N-dealkylation sites (tertiary alicyclic amines) is 1. The summed E-state index contributed by atoms with van der Waals surface area (Å²) in [5.74, 6) is -2.44. The van der Waals surface area contributed by atoms with Crippen molar-refractivity contribution in [1.29, 1.82) is 0 Å². The molecule has 1 saturated heterocycles. The van der Waals surface area contributed by atoms with Crippen molar-refractivity contribution < 1.29 is 8.78 Å². The molecule has 2 heterocycles. The zero-order valence-corrected chi connectivity index (χ0v) is 11.6. The SMILES string of the molecule is NCc1cnn(C2CCN(C3CCC(F)(F)CC3)C2)c1. The van der Waals surface area contributed by atoms with Crippen LogP contribution in [0.5, 0.6) is 0 Å². The zero-order valence-electron chi connectivity index (χ0n) is 11.6. The van der Waals surface area contributed by atoms with Gasteiger partial charge in [0.05, 0.1) is 12.2 Å². The van der Waals surface area contributed by atoms with Crippen molar-refractivity contribution in [2.75, 3.05) is 13.1 Å². The molecular weight excluding hydrogens is 262 g/mol. The molecule has 0 spiro atoms. The normalized spacial score (nSPS) is 28.1. The second-order valence-electron chi connectivity index (χ2n) is 6.06. The van der Waals surface area contributed by atoms with Gasteiger partial charge in [0.25, 0.3) is 0 Å². The average molecular weight is 284 g/mol. The second-order valence-corrected chi connectivity index (χ2v) is 6.06. The Morgan fingerprint density at radius 3 is 2.65 bits per heavy atom. The smallest absolute Gasteiger partial charge is 0.248 e. The molecule has 2 aliphatic rings. The van der Waals surface area contributed by atoms with Gasteiger partial charge in [0.15, 0.2) is 0 Å². The van der Waals surface area contributed by atoms with Gasteiger partial charge in [-0.1, -0.05) is 0 Å². The third-order valence-electron chi connectivity index (χ3n) is 4.66. The van der Waals surface area contributed by atoms with Gasteiger partial charge in [-0.05, 0) is 19.3 Å². The maximum Gasteiger partial charge on any atom is 0.248 e. The molecule has 1 atom stereocenters. The van der Waals surface area contributed by atoms with Crippen LogP contribution in [0.2, 0.25) is 0 Å². The summed E-state index contributed by atoms with van der Waals surface area (Å²) in [5.41, 5.74) is 6.64. The second kappa shape index (κ2) is 5.41. The van der Waals surface area contributed by atoms with Gasteiger partial charge < -0.3 is 5.73 Å². The van der Waals surface area contributed by atoms with Crippen molar-refractivity contribution in [2.45, 2.75) is 56.7 Å². The van der Waals surface area contributed by atoms with Crippen molar-refractivity contribution in [3.8, 4) is 0 Å². The molecule has 2 N–H and O–H groups in total. The van der Waals surface area contributed by atoms with Gasteiger partial charge >= 0.3 is 0 Å². The van der Waals surface area contributed by atoms with E-state index in [9.17, 15) is 8.78 Å². The molecule has 2 fully saturated rings. The van der Waals surface area contributed by atoms with Crippen LogP contribution < -0.4 is 5.73 Å². The Morgan fingerprint density at radius 1 is 1.25 bits per heavy atom. The summed E-state index contributed by atoms with van der Waals surface area (Å²) in [6.45, 7) is 2.41. The van der Waals surface area contributed by atoms with Crippen LogP contribution in [0.25, 0.3) is 0 Å². The fourth-order valence-electron chi connectivity index (χ4n) is 3.39. The van der Waals surface area contributed by atoms with Crippen LogP contribution in [0.4, 0.5) is 8.78 Å². The number of hydrogen-bond acceptors (Lipinski definition) is 3. The molecule has 3 rings (SSSR count). The first-order valence-electron chi connectivity index (χ1n) is 7.42. The minimum absolute atomic E-state index is 0.0396. The predicted molar refractivity (Wildman–Crippen MR) is 72.5 cm³/mol. The Balaban J connectivity index is 1.57. The predicted octanol–water partition coefficient (Wildman–Crippen LogP) is 2.17. The molecule has 0 radical (unpaired) electrons. The molecule has 0 amide bonds. The molecule has 1 unspecified atom stereocenters. The molecule has 6 heteroatoms. The van der Waals surface area contributed by atoms with E-state index in [0.29, 0.717) is 31.5 Å². The van der Waals surface area contributed by atoms with E-state index < -0.39 is 5.92 Å². The minimum Gasteiger partial charge on any atom is -0.326 e. The summed E-state index contributed by atoms with van der Waals surface area (Å²) in [6, 6.07) is 0.682. The quantitative estimate of drug-likeness (QED) is 0.925. The number of rotatable bonds is 3. The van der Waals surface area contributed by atoms with Crippen molar-refractivity contribution in [3.05, 3.63) is 18.0 Å². The largest absolute Gasteiger partial charge is 0.326 e. The van der Waals surface area contributed by atoms with E-state index in [0.717, 1.165) is 25.1 Å². The van der Waals surface area contributed by atoms with E-state index in [1.54, 1.807) is 0 Å². The van der Waals surface area contributed by atoms with Gasteiger partial charge in [-0.25, -0.2) is 8.78 Å². The molecule has 20 heavy (non-hydrogen) atoms. The topological polar surface area (TPSA) is 47.1 Å². The third-order valence-corrected chi connectivity index (χ3v) is 4.66. The summed E-state index contributed by atoms with van der Waals surface area (Å²) in [5, 5.41) is 4.36. The first-order valence-corrected chi connectivity index (χ1v) is 7.42. The third kappa shape index (κ3) is 2.86. The minimum atomic E-state index is -2.44. The molecule has 1 saturated carbocycles. The van der Waals surface area contributed by atoms with Crippen molar-refractivity contribution >= 4 is 0 Å². The van der Waals surface area contributed by atoms with E-state index in [4.69, 9.17) is 5.73 Å². The van der Waals surface area contributed by atoms with E-state index in [1.165, 1.54) is 0 Å². The highest BCUT2D eigenvalue weighted by Crippen LogP contribution is 2.37. The summed E-state index contributed by atoms with van der Waals surface area (Å²) >= 11 is 0. The number of nitrogens with zero attached hydrogens (tertiary/aromatic N) is 3. The molecular formula is C14H22F2N4. The van der Waals surface area contributed by atoms with Crippen LogP contribution in [-0.4, -0.2) is 39.7 Å². The van der Waals surface area contributed by atoms with Crippen LogP contribution in [0.3, 0.4) is 0 Å². The Morgan fingerprint density at radius 2 is 2.00 bits per heavy atom. The van der Waals surface area contributed by atoms with Gasteiger partial charge in [0.2, 0.25) is 5.92 Å². The van der Waals surface area contributed by atoms with Crippen LogP contribution in [-0.2, 0) is 6.54 Å². The highest BCUT2D eigenvalue weighted by Gasteiger charge is 2.38. The molecule has 1 aromatic heterocycles. The van der Waals surface area contributed by atoms with Crippen molar-refractivity contribution in [2.24, 2.45) is 5.73 Å². The van der Waals surface area contributed by atoms with Gasteiger partial charge in [0, 0.05) is 50.3 Å². The molecule has 1 aliphatic heterocycles. The lowest BCUT2D eigenvalue weighted by atomic mass is 9.91. The maximum absolute atomic E-state index is 13.2. The zero-order chi connectivity index (χ0) is 14.2. The van der Waals surface area contributed by atoms with Crippen LogP contribution in [0.15, 0.2) is 12.4 Å². The highest BCUT2D eigenvalue weighted by atomic mass is 19.3. The van der Waals surface area contributed by atoms with Crippen LogP contribution in [0.1, 0.15) is 43.7 Å². The summed E-state index contributed by atoms with van der Waals surface area (Å²) in [6.07, 6.45) is 6.17. The molecule has 0 aromatic carbocycles. The lowest BCUT2D eigenvalue weighted by molar-refractivity contribution is -0.0518. The van der Waals surface area contributed by atoms with Gasteiger partial charge in [0.1, 0.15) is 0 Å². The maximum atomic E-state index is 13.2. The van der Waals surface area contributed by atoms with Gasteiger partial charge in [-0.15, -0.1) is 0 Å². The standard InChI is InChI=1S/C14H22F2N4/c15-14(16)4-1-12(2-5-14)19-6-3-13(10-19)20-9-11(7-17)8-18-20/h8-9,12-13H,1-7,10,17H2. The Hall–Kier alpha value is -1.01. The van der Waals surface area contributed by atoms with Crippen LogP contribution in [0, 0.1) is 0 Å². The Kier molecular flexibility index (Phi) is 3.77. The lowest BCUT2D eigenvalue weighted by Crippen LogP contribution is -2.39. The monoisotopic (exact) mass is 284 g/mol. The van der Waals surface area contributed by atoms with Gasteiger partial charge in [-0.3, -0.25) is 9.58 Å². The summed E-state index contributed by atoms with van der Waals surface area (Å²) < 4.78 is 28.4. The average Bonchev–Trinajstić information content (AvgIpc) is 3.07. The van der Waals surface area contributed by atoms with Gasteiger partial charge in [-0.2, -0.15) is 5.10 Å². The molecule has 112 valence electrons. The molecule has 4 nitrogen and oxygen atoms in total. The highest BCUT2D eigenvalue weighted by molar-refractivity contribution is 5.04. The summed E-state index contributed by atoms with van der Waals surface area (Å²) in [7, 11) is 0. The van der Waals surface area contributed by atoms with Crippen molar-refractivity contribution in [3.63, 3.8) is 0 Å². The molecule has 1 aliphatic carbocycles. The fourth-order valence-corrected chi connectivity index (χ4v) is 3.39. The first-order chi connectivity index (χ1) is 9.57. The lowest BCUT2D eigenvalue weighted by Gasteiger charge is -2.34.